The minimum Gasteiger partial charge on any atom is -0.375 e. The van der Waals surface area contributed by atoms with Crippen LogP contribution in [0.5, 0.6) is 0 Å². The van der Waals surface area contributed by atoms with Gasteiger partial charge in [0.25, 0.3) is 5.91 Å². The van der Waals surface area contributed by atoms with Crippen LogP contribution >= 0.6 is 0 Å². The summed E-state index contributed by atoms with van der Waals surface area (Å²) in [5.41, 5.74) is 4.03. The first kappa shape index (κ1) is 16.7. The molecule has 1 fully saturated rings. The number of ether oxygens (including phenoxy) is 1. The highest BCUT2D eigenvalue weighted by Crippen LogP contribution is 2.16. The maximum atomic E-state index is 12.7. The first-order chi connectivity index (χ1) is 11.4. The van der Waals surface area contributed by atoms with Crippen molar-refractivity contribution in [2.45, 2.75) is 46.4 Å². The number of aryl methyl sites for hydroxylation is 2. The number of carbonyl (C=O) groups excluding carboxylic acids is 1. The molecule has 2 heterocycles. The van der Waals surface area contributed by atoms with Crippen molar-refractivity contribution in [2.75, 3.05) is 13.2 Å². The van der Waals surface area contributed by atoms with Crippen molar-refractivity contribution in [1.29, 1.82) is 0 Å². The van der Waals surface area contributed by atoms with Gasteiger partial charge in [-0.1, -0.05) is 12.1 Å². The molecule has 1 aliphatic heterocycles. The third kappa shape index (κ3) is 3.51. The van der Waals surface area contributed by atoms with Crippen molar-refractivity contribution in [3.63, 3.8) is 0 Å². The molecule has 0 unspecified atom stereocenters. The standard InChI is InChI=1S/C19H25N3O2/c1-13-9-14(2)22(20-13)11-17-5-7-18(8-6-17)19(23)21-10-16(4)24-12-15(21)3/h5-9,15-16H,10-12H2,1-4H3/t15-,16+/m1/s1. The van der Waals surface area contributed by atoms with Crippen molar-refractivity contribution in [3.8, 4) is 0 Å². The number of nitrogens with zero attached hydrogens (tertiary/aromatic N) is 3. The Morgan fingerprint density at radius 2 is 1.96 bits per heavy atom. The topological polar surface area (TPSA) is 47.4 Å². The summed E-state index contributed by atoms with van der Waals surface area (Å²) in [5, 5.41) is 4.48. The summed E-state index contributed by atoms with van der Waals surface area (Å²) in [6, 6.07) is 10.0. The molecule has 1 aliphatic rings. The molecule has 0 bridgehead atoms. The van der Waals surface area contributed by atoms with Crippen LogP contribution in [0.2, 0.25) is 0 Å². The van der Waals surface area contributed by atoms with Gasteiger partial charge in [-0.25, -0.2) is 0 Å². The molecule has 0 radical (unpaired) electrons. The van der Waals surface area contributed by atoms with Crippen molar-refractivity contribution >= 4 is 5.91 Å². The molecule has 0 aliphatic carbocycles. The maximum Gasteiger partial charge on any atom is 0.254 e. The van der Waals surface area contributed by atoms with E-state index in [0.717, 1.165) is 29.1 Å². The summed E-state index contributed by atoms with van der Waals surface area (Å²) in [5.74, 6) is 0.0790. The van der Waals surface area contributed by atoms with Crippen LogP contribution in [0, 0.1) is 13.8 Å². The zero-order valence-electron chi connectivity index (χ0n) is 14.8. The summed E-state index contributed by atoms with van der Waals surface area (Å²) < 4.78 is 7.59. The molecule has 0 saturated carbocycles. The van der Waals surface area contributed by atoms with E-state index >= 15 is 0 Å². The van der Waals surface area contributed by atoms with Gasteiger partial charge in [-0.05, 0) is 51.5 Å². The van der Waals surface area contributed by atoms with E-state index in [1.807, 2.05) is 54.6 Å². The Morgan fingerprint density at radius 1 is 1.25 bits per heavy atom. The summed E-state index contributed by atoms with van der Waals surface area (Å²) in [6.07, 6.45) is 0.0930. The smallest absolute Gasteiger partial charge is 0.254 e. The highest BCUT2D eigenvalue weighted by molar-refractivity contribution is 5.94. The first-order valence-electron chi connectivity index (χ1n) is 8.46. The van der Waals surface area contributed by atoms with Gasteiger partial charge in [-0.2, -0.15) is 5.10 Å². The minimum atomic E-state index is 0.0790. The van der Waals surface area contributed by atoms with Gasteiger partial charge in [-0.15, -0.1) is 0 Å². The van der Waals surface area contributed by atoms with Crippen molar-refractivity contribution in [2.24, 2.45) is 0 Å². The van der Waals surface area contributed by atoms with E-state index in [1.165, 1.54) is 0 Å². The van der Waals surface area contributed by atoms with Gasteiger partial charge in [-0.3, -0.25) is 9.48 Å². The number of aromatic nitrogens is 2. The van der Waals surface area contributed by atoms with E-state index in [9.17, 15) is 4.79 Å². The second kappa shape index (κ2) is 6.77. The van der Waals surface area contributed by atoms with Crippen LogP contribution in [0.25, 0.3) is 0 Å². The molecule has 5 heteroatoms. The lowest BCUT2D eigenvalue weighted by molar-refractivity contribution is -0.0387. The minimum absolute atomic E-state index is 0.0790. The molecular weight excluding hydrogens is 302 g/mol. The van der Waals surface area contributed by atoms with Crippen molar-refractivity contribution < 1.29 is 9.53 Å². The van der Waals surface area contributed by atoms with Gasteiger partial charge in [0.2, 0.25) is 0 Å². The summed E-state index contributed by atoms with van der Waals surface area (Å²) in [4.78, 5) is 14.6. The third-order valence-electron chi connectivity index (χ3n) is 4.51. The monoisotopic (exact) mass is 327 g/mol. The zero-order valence-corrected chi connectivity index (χ0v) is 14.8. The van der Waals surface area contributed by atoms with Gasteiger partial charge in [0.05, 0.1) is 31.0 Å². The van der Waals surface area contributed by atoms with Crippen LogP contribution in [0.1, 0.15) is 41.2 Å². The van der Waals surface area contributed by atoms with Gasteiger partial charge in [0.15, 0.2) is 0 Å². The van der Waals surface area contributed by atoms with E-state index in [4.69, 9.17) is 4.74 Å². The Morgan fingerprint density at radius 3 is 2.58 bits per heavy atom. The number of carbonyl (C=O) groups is 1. The molecule has 0 spiro atoms. The molecular formula is C19H25N3O2. The largest absolute Gasteiger partial charge is 0.375 e. The molecule has 2 aromatic rings. The van der Waals surface area contributed by atoms with Crippen LogP contribution in [-0.2, 0) is 11.3 Å². The molecule has 5 nitrogen and oxygen atoms in total. The van der Waals surface area contributed by atoms with Crippen molar-refractivity contribution in [1.82, 2.24) is 14.7 Å². The summed E-state index contributed by atoms with van der Waals surface area (Å²) >= 11 is 0. The quantitative estimate of drug-likeness (QED) is 0.871. The fourth-order valence-corrected chi connectivity index (χ4v) is 3.11. The zero-order chi connectivity index (χ0) is 17.3. The van der Waals surface area contributed by atoms with Gasteiger partial charge < -0.3 is 9.64 Å². The second-order valence-corrected chi connectivity index (χ2v) is 6.73. The highest BCUT2D eigenvalue weighted by atomic mass is 16.5. The van der Waals surface area contributed by atoms with Gasteiger partial charge >= 0.3 is 0 Å². The number of rotatable bonds is 3. The van der Waals surface area contributed by atoms with E-state index in [1.54, 1.807) is 0 Å². The van der Waals surface area contributed by atoms with Crippen LogP contribution in [0.3, 0.4) is 0 Å². The fourth-order valence-electron chi connectivity index (χ4n) is 3.11. The van der Waals surface area contributed by atoms with Crippen LogP contribution in [0.15, 0.2) is 30.3 Å². The normalized spacial score (nSPS) is 21.1. The Bertz CT molecular complexity index is 721. The number of amides is 1. The molecule has 0 N–H and O–H groups in total. The van der Waals surface area contributed by atoms with Crippen molar-refractivity contribution in [3.05, 3.63) is 52.8 Å². The highest BCUT2D eigenvalue weighted by Gasteiger charge is 2.28. The Hall–Kier alpha value is -2.14. The summed E-state index contributed by atoms with van der Waals surface area (Å²) in [7, 11) is 0. The average Bonchev–Trinajstić information content (AvgIpc) is 2.87. The van der Waals surface area contributed by atoms with E-state index < -0.39 is 0 Å². The Labute approximate surface area is 143 Å². The molecule has 1 aromatic carbocycles. The maximum absolute atomic E-state index is 12.7. The van der Waals surface area contributed by atoms with Gasteiger partial charge in [0, 0.05) is 17.8 Å². The predicted molar refractivity (Wildman–Crippen MR) is 93.2 cm³/mol. The molecule has 1 amide bonds. The summed E-state index contributed by atoms with van der Waals surface area (Å²) in [6.45, 7) is 10.1. The van der Waals surface area contributed by atoms with E-state index in [2.05, 4.69) is 18.1 Å². The van der Waals surface area contributed by atoms with E-state index in [-0.39, 0.29) is 18.1 Å². The van der Waals surface area contributed by atoms with Gasteiger partial charge in [0.1, 0.15) is 0 Å². The lowest BCUT2D eigenvalue weighted by Gasteiger charge is -2.36. The molecule has 3 rings (SSSR count). The van der Waals surface area contributed by atoms with Crippen LogP contribution < -0.4 is 0 Å². The lowest BCUT2D eigenvalue weighted by Crippen LogP contribution is -2.50. The van der Waals surface area contributed by atoms with Crippen LogP contribution in [-0.4, -0.2) is 45.9 Å². The third-order valence-corrected chi connectivity index (χ3v) is 4.51. The first-order valence-corrected chi connectivity index (χ1v) is 8.46. The van der Waals surface area contributed by atoms with Crippen LogP contribution in [0.4, 0.5) is 0 Å². The molecule has 1 saturated heterocycles. The SMILES string of the molecule is Cc1cc(C)n(Cc2ccc(C(=O)N3C[C@H](C)OC[C@H]3C)cc2)n1. The number of benzene rings is 1. The predicted octanol–water partition coefficient (Wildman–Crippen LogP) is 2.80. The molecule has 24 heavy (non-hydrogen) atoms. The number of morpholine rings is 1. The second-order valence-electron chi connectivity index (χ2n) is 6.73. The fraction of sp³-hybridized carbons (Fsp3) is 0.474. The molecule has 1 aromatic heterocycles. The Kier molecular flexibility index (Phi) is 4.71. The average molecular weight is 327 g/mol. The lowest BCUT2D eigenvalue weighted by atomic mass is 10.1. The Balaban J connectivity index is 1.72. The number of hydrogen-bond donors (Lipinski definition) is 0. The molecule has 128 valence electrons. The number of hydrogen-bond acceptors (Lipinski definition) is 3. The van der Waals surface area contributed by atoms with E-state index in [0.29, 0.717) is 13.2 Å². The molecule has 2 atom stereocenters.